The highest BCUT2D eigenvalue weighted by Gasteiger charge is 2.28. The molecule has 7 heteroatoms. The van der Waals surface area contributed by atoms with Gasteiger partial charge in [-0.25, -0.2) is 0 Å². The lowest BCUT2D eigenvalue weighted by atomic mass is 9.77. The van der Waals surface area contributed by atoms with E-state index < -0.39 is 20.6 Å². The first-order valence-corrected chi connectivity index (χ1v) is 11.4. The van der Waals surface area contributed by atoms with E-state index in [1.807, 2.05) is 13.8 Å². The molecular weight excluding hydrogens is 370 g/mol. The van der Waals surface area contributed by atoms with Crippen molar-refractivity contribution in [3.05, 3.63) is 12.2 Å². The first-order chi connectivity index (χ1) is 11.8. The maximum absolute atomic E-state index is 11.0. The van der Waals surface area contributed by atoms with Crippen molar-refractivity contribution >= 4 is 30.8 Å². The molecule has 2 aliphatic rings. The third-order valence-corrected chi connectivity index (χ3v) is 6.74. The van der Waals surface area contributed by atoms with E-state index in [2.05, 4.69) is 45.2 Å². The average molecular weight is 404 g/mol. The summed E-state index contributed by atoms with van der Waals surface area (Å²) < 4.78 is 43.1. The summed E-state index contributed by atoms with van der Waals surface area (Å²) in [5, 5.41) is 4.80. The largest absolute Gasteiger partial charge is 0.303 e. The molecule has 1 saturated carbocycles. The minimum Gasteiger partial charge on any atom is -0.303 e. The molecule has 0 radical (unpaired) electrons. The molecule has 26 heavy (non-hydrogen) atoms. The highest BCUT2D eigenvalue weighted by Crippen LogP contribution is 2.30. The Morgan fingerprint density at radius 3 is 2.19 bits per heavy atom. The molecule has 1 aliphatic carbocycles. The first kappa shape index (κ1) is 23.1. The molecule has 1 aliphatic heterocycles. The molecule has 2 rings (SSSR count). The van der Waals surface area contributed by atoms with Crippen LogP contribution in [0.2, 0.25) is 0 Å². The van der Waals surface area contributed by atoms with Gasteiger partial charge >= 0.3 is 0 Å². The lowest BCUT2D eigenvalue weighted by molar-refractivity contribution is 0.291. The maximum atomic E-state index is 11.0. The Morgan fingerprint density at radius 1 is 1.15 bits per heavy atom. The van der Waals surface area contributed by atoms with Crippen LogP contribution in [0, 0.1) is 17.8 Å². The van der Waals surface area contributed by atoms with Gasteiger partial charge in [0.25, 0.3) is 0 Å². The van der Waals surface area contributed by atoms with Gasteiger partial charge in [0, 0.05) is 16.4 Å². The van der Waals surface area contributed by atoms with Crippen molar-refractivity contribution in [1.82, 2.24) is 5.32 Å². The highest BCUT2D eigenvalue weighted by atomic mass is 32.2. The van der Waals surface area contributed by atoms with Crippen LogP contribution in [0.5, 0.6) is 0 Å². The summed E-state index contributed by atoms with van der Waals surface area (Å²) in [4.78, 5) is 0.535. The minimum absolute atomic E-state index is 0.0932. The minimum atomic E-state index is -2.17. The van der Waals surface area contributed by atoms with Gasteiger partial charge in [0.05, 0.1) is 4.86 Å². The first-order valence-electron chi connectivity index (χ1n) is 9.18. The number of rotatable bonds is 2. The van der Waals surface area contributed by atoms with Crippen molar-refractivity contribution in [2.75, 3.05) is 0 Å². The Labute approximate surface area is 161 Å². The zero-order valence-electron chi connectivity index (χ0n) is 16.7. The van der Waals surface area contributed by atoms with Gasteiger partial charge in [-0.3, -0.25) is 0 Å². The van der Waals surface area contributed by atoms with Crippen molar-refractivity contribution in [3.8, 4) is 0 Å². The van der Waals surface area contributed by atoms with Crippen LogP contribution >= 0.6 is 0 Å². The van der Waals surface area contributed by atoms with E-state index in [-0.39, 0.29) is 28.8 Å². The lowest BCUT2D eigenvalue weighted by Gasteiger charge is -2.38. The fraction of sp³-hybridized carbons (Fsp3) is 0.789. The Morgan fingerprint density at radius 2 is 1.77 bits per heavy atom. The van der Waals surface area contributed by atoms with E-state index in [9.17, 15) is 16.8 Å². The summed E-state index contributed by atoms with van der Waals surface area (Å²) in [6.45, 7) is 12.6. The fourth-order valence-electron chi connectivity index (χ4n) is 3.77. The maximum Gasteiger partial charge on any atom is 0.213 e. The molecule has 3 unspecified atom stereocenters. The molecular formula is C19H33NO4S2. The number of hydrogen-bond acceptors (Lipinski definition) is 5. The third kappa shape index (κ3) is 7.76. The summed E-state index contributed by atoms with van der Waals surface area (Å²) in [5.74, 6) is 0.130. The van der Waals surface area contributed by atoms with E-state index in [0.717, 1.165) is 19.3 Å². The zero-order chi connectivity index (χ0) is 20.1. The summed E-state index contributed by atoms with van der Waals surface area (Å²) in [7, 11) is -4.30. The molecule has 0 aromatic rings. The molecule has 1 heterocycles. The molecule has 0 amide bonds. The summed E-state index contributed by atoms with van der Waals surface area (Å²) in [6.07, 6.45) is 7.83. The van der Waals surface area contributed by atoms with Gasteiger partial charge in [0.1, 0.15) is 0 Å². The van der Waals surface area contributed by atoms with Gasteiger partial charge < -0.3 is 5.32 Å². The van der Waals surface area contributed by atoms with Crippen LogP contribution in [0.4, 0.5) is 0 Å². The van der Waals surface area contributed by atoms with E-state index in [1.165, 1.54) is 5.37 Å². The Balaban J connectivity index is 0.000000289. The predicted molar refractivity (Wildman–Crippen MR) is 110 cm³/mol. The Bertz CT molecular complexity index is 773. The lowest BCUT2D eigenvalue weighted by Crippen LogP contribution is -2.52. The van der Waals surface area contributed by atoms with Crippen molar-refractivity contribution < 1.29 is 16.8 Å². The van der Waals surface area contributed by atoms with E-state index in [0.29, 0.717) is 11.3 Å². The van der Waals surface area contributed by atoms with Gasteiger partial charge in [-0.05, 0) is 71.1 Å². The number of hydrogen-bond donors (Lipinski definition) is 1. The van der Waals surface area contributed by atoms with Crippen LogP contribution < -0.4 is 5.32 Å². The molecule has 0 aromatic carbocycles. The van der Waals surface area contributed by atoms with Gasteiger partial charge in [-0.1, -0.05) is 26.0 Å². The smallest absolute Gasteiger partial charge is 0.213 e. The van der Waals surface area contributed by atoms with E-state index in [1.54, 1.807) is 0 Å². The van der Waals surface area contributed by atoms with Crippen molar-refractivity contribution in [2.24, 2.45) is 17.8 Å². The second-order valence-corrected chi connectivity index (χ2v) is 10.5. The second-order valence-electron chi connectivity index (χ2n) is 8.74. The van der Waals surface area contributed by atoms with Gasteiger partial charge in [-0.15, -0.1) is 0 Å². The molecule has 3 atom stereocenters. The summed E-state index contributed by atoms with van der Waals surface area (Å²) >= 11 is 0. The summed E-state index contributed by atoms with van der Waals surface area (Å²) in [5.41, 5.74) is 0.458. The molecule has 0 bridgehead atoms. The zero-order valence-corrected chi connectivity index (χ0v) is 18.4. The molecule has 150 valence electrons. The predicted octanol–water partition coefficient (Wildman–Crippen LogP) is 2.88. The Hall–Kier alpha value is -0.920. The van der Waals surface area contributed by atoms with Crippen LogP contribution in [-0.4, -0.2) is 38.1 Å². The third-order valence-electron chi connectivity index (χ3n) is 5.09. The van der Waals surface area contributed by atoms with Crippen molar-refractivity contribution in [1.29, 1.82) is 0 Å². The quantitative estimate of drug-likeness (QED) is 0.566. The van der Waals surface area contributed by atoms with Crippen LogP contribution in [0.3, 0.4) is 0 Å². The van der Waals surface area contributed by atoms with Gasteiger partial charge in [0.15, 0.2) is 0 Å². The van der Waals surface area contributed by atoms with Crippen LogP contribution in [0.15, 0.2) is 12.2 Å². The van der Waals surface area contributed by atoms with Crippen molar-refractivity contribution in [3.63, 3.8) is 0 Å². The topological polar surface area (TPSA) is 80.3 Å². The van der Waals surface area contributed by atoms with E-state index in [4.69, 9.17) is 0 Å². The van der Waals surface area contributed by atoms with Crippen LogP contribution in [0.1, 0.15) is 67.2 Å². The molecule has 1 N–H and O–H groups in total. The van der Waals surface area contributed by atoms with Gasteiger partial charge in [-0.2, -0.15) is 16.8 Å². The van der Waals surface area contributed by atoms with Gasteiger partial charge in [0.2, 0.25) is 20.6 Å². The molecule has 0 saturated heterocycles. The molecule has 1 fully saturated rings. The number of nitrogens with one attached hydrogen (secondary N) is 1. The van der Waals surface area contributed by atoms with Crippen LogP contribution in [-0.2, 0) is 20.6 Å². The molecule has 5 nitrogen and oxygen atoms in total. The van der Waals surface area contributed by atoms with E-state index >= 15 is 0 Å². The highest BCUT2D eigenvalue weighted by molar-refractivity contribution is 7.73. The molecule has 0 spiro atoms. The summed E-state index contributed by atoms with van der Waals surface area (Å²) in [6, 6.07) is 0. The Kier molecular flexibility index (Phi) is 8.30. The average Bonchev–Trinajstić information content (AvgIpc) is 2.44. The van der Waals surface area contributed by atoms with Crippen molar-refractivity contribution in [2.45, 2.75) is 78.3 Å². The van der Waals surface area contributed by atoms with Crippen LogP contribution in [0.25, 0.3) is 0 Å². The monoisotopic (exact) mass is 403 g/mol. The normalized spacial score (nSPS) is 27.7. The standard InChI is InChI=1S/C10H16O4S2.C9H17N/c1-7-3-4-9(5-10(7)16(13)14)8(2)6-15(11)12;1-8(2)6-5-7-9(3,4)10-8/h6-9H,3-5H2,1-2H3;5-6,10H,7H2,1-4H3. The second kappa shape index (κ2) is 9.33. The molecule has 0 aromatic heterocycles. The fourth-order valence-corrected chi connectivity index (χ4v) is 5.14. The SMILES string of the molecule is CC1(C)C=CCC(C)(C)N1.CC1CCC(C(C)C=S(=O)=O)CC1=S(=O)=O.